The summed E-state index contributed by atoms with van der Waals surface area (Å²) < 4.78 is 38.5. The highest BCUT2D eigenvalue weighted by Gasteiger charge is 2.26. The molecule has 0 bridgehead atoms. The van der Waals surface area contributed by atoms with Gasteiger partial charge in [0, 0.05) is 11.3 Å². The Kier molecular flexibility index (Phi) is 9.98. The first-order valence-electron chi connectivity index (χ1n) is 11.9. The maximum absolute atomic E-state index is 13.2. The minimum Gasteiger partial charge on any atom is -0.493 e. The van der Waals surface area contributed by atoms with Gasteiger partial charge in [0.2, 0.25) is 10.0 Å². The first-order valence-corrected chi connectivity index (χ1v) is 14.1. The van der Waals surface area contributed by atoms with E-state index in [-0.39, 0.29) is 17.5 Å². The van der Waals surface area contributed by atoms with Gasteiger partial charge in [-0.3, -0.25) is 14.9 Å². The molecule has 0 radical (unpaired) electrons. The van der Waals surface area contributed by atoms with E-state index in [4.69, 9.17) is 32.2 Å². The maximum atomic E-state index is 13.2. The first kappa shape index (κ1) is 28.8. The number of carbonyl (C=O) groups excluding carboxylic acids is 1. The second-order valence-electron chi connectivity index (χ2n) is 8.44. The van der Waals surface area contributed by atoms with Crippen molar-refractivity contribution < 1.29 is 22.7 Å². The lowest BCUT2D eigenvalue weighted by Crippen LogP contribution is -2.38. The van der Waals surface area contributed by atoms with Crippen LogP contribution in [0.15, 0.2) is 72.8 Å². The van der Waals surface area contributed by atoms with Gasteiger partial charge in [0.15, 0.2) is 11.5 Å². The Balaban J connectivity index is 1.95. The average Bonchev–Trinajstić information content (AvgIpc) is 2.90. The van der Waals surface area contributed by atoms with Crippen LogP contribution in [0.5, 0.6) is 11.5 Å². The van der Waals surface area contributed by atoms with Crippen molar-refractivity contribution in [2.75, 3.05) is 24.1 Å². The molecule has 0 saturated heterocycles. The average molecular weight is 559 g/mol. The highest BCUT2D eigenvalue weighted by Crippen LogP contribution is 2.35. The van der Waals surface area contributed by atoms with Crippen LogP contribution in [-0.4, -0.2) is 38.9 Å². The largest absolute Gasteiger partial charge is 0.493 e. The summed E-state index contributed by atoms with van der Waals surface area (Å²) in [5.41, 5.74) is 7.89. The van der Waals surface area contributed by atoms with E-state index in [1.165, 1.54) is 7.11 Å². The molecule has 1 amide bonds. The molecule has 3 aromatic carbocycles. The van der Waals surface area contributed by atoms with Gasteiger partial charge >= 0.3 is 0 Å². The van der Waals surface area contributed by atoms with Crippen LogP contribution in [0.3, 0.4) is 0 Å². The van der Waals surface area contributed by atoms with Crippen molar-refractivity contribution in [3.8, 4) is 11.5 Å². The number of benzene rings is 3. The van der Waals surface area contributed by atoms with Crippen molar-refractivity contribution >= 4 is 39.1 Å². The molecule has 2 unspecified atom stereocenters. The van der Waals surface area contributed by atoms with E-state index in [1.807, 2.05) is 30.3 Å². The minimum absolute atomic E-state index is 0.0948. The quantitative estimate of drug-likeness (QED) is 0.139. The molecule has 9 nitrogen and oxygen atoms in total. The van der Waals surface area contributed by atoms with Crippen LogP contribution >= 0.6 is 11.6 Å². The number of anilines is 1. The van der Waals surface area contributed by atoms with Crippen LogP contribution in [-0.2, 0) is 14.8 Å². The fourth-order valence-electron chi connectivity index (χ4n) is 3.72. The number of methoxy groups -OCH3 is 1. The van der Waals surface area contributed by atoms with E-state index in [2.05, 4.69) is 10.0 Å². The summed E-state index contributed by atoms with van der Waals surface area (Å²) in [7, 11) is -2.35. The second-order valence-corrected chi connectivity index (χ2v) is 10.6. The van der Waals surface area contributed by atoms with E-state index in [0.29, 0.717) is 34.7 Å². The summed E-state index contributed by atoms with van der Waals surface area (Å²) >= 11 is 6.17. The predicted molar refractivity (Wildman–Crippen MR) is 150 cm³/mol. The summed E-state index contributed by atoms with van der Waals surface area (Å²) in [5.74, 6) is -0.0811. The number of nitrogen functional groups attached to an aromatic ring is 1. The van der Waals surface area contributed by atoms with Crippen LogP contribution in [0.1, 0.15) is 42.2 Å². The number of amidine groups is 1. The number of ether oxygens (including phenoxy) is 2. The lowest BCUT2D eigenvalue weighted by atomic mass is 10.0. The van der Waals surface area contributed by atoms with Gasteiger partial charge in [-0.25, -0.2) is 8.42 Å². The third-order valence-corrected chi connectivity index (χ3v) is 7.34. The topological polar surface area (TPSA) is 144 Å². The molecule has 0 saturated carbocycles. The highest BCUT2D eigenvalue weighted by molar-refractivity contribution is 7.90. The fraction of sp³-hybridized carbons (Fsp3) is 0.259. The Morgan fingerprint density at radius 3 is 2.29 bits per heavy atom. The van der Waals surface area contributed by atoms with Crippen molar-refractivity contribution in [2.24, 2.45) is 5.73 Å². The molecule has 0 heterocycles. The Labute approximate surface area is 227 Å². The van der Waals surface area contributed by atoms with E-state index in [1.54, 1.807) is 49.4 Å². The summed E-state index contributed by atoms with van der Waals surface area (Å²) in [4.78, 5) is 13.2. The second kappa shape index (κ2) is 13.2. The number of hydrogen-bond acceptors (Lipinski definition) is 7. The Morgan fingerprint density at radius 2 is 1.71 bits per heavy atom. The van der Waals surface area contributed by atoms with E-state index in [9.17, 15) is 13.2 Å². The van der Waals surface area contributed by atoms with Gasteiger partial charge in [-0.2, -0.15) is 0 Å². The number of sulfonamides is 1. The number of nitrogens with one attached hydrogen (secondary N) is 3. The number of alkyl halides is 1. The molecule has 0 aliphatic heterocycles. The maximum Gasteiger partial charge on any atom is 0.260 e. The number of amides is 1. The Morgan fingerprint density at radius 1 is 1.03 bits per heavy atom. The molecule has 11 heteroatoms. The van der Waals surface area contributed by atoms with Crippen molar-refractivity contribution in [1.82, 2.24) is 4.72 Å². The zero-order chi connectivity index (χ0) is 27.7. The van der Waals surface area contributed by atoms with Crippen LogP contribution in [0.25, 0.3) is 0 Å². The van der Waals surface area contributed by atoms with Crippen LogP contribution in [0.2, 0.25) is 0 Å². The van der Waals surface area contributed by atoms with Crippen LogP contribution in [0, 0.1) is 5.41 Å². The number of hydrogen-bond donors (Lipinski definition) is 4. The van der Waals surface area contributed by atoms with Gasteiger partial charge in [0.25, 0.3) is 5.91 Å². The van der Waals surface area contributed by atoms with Gasteiger partial charge in [-0.1, -0.05) is 43.3 Å². The van der Waals surface area contributed by atoms with Crippen molar-refractivity contribution in [1.29, 1.82) is 5.41 Å². The molecule has 0 aromatic heterocycles. The summed E-state index contributed by atoms with van der Waals surface area (Å²) in [5, 5.41) is 10.6. The van der Waals surface area contributed by atoms with Gasteiger partial charge in [0.1, 0.15) is 18.0 Å². The molecule has 0 aliphatic rings. The smallest absolute Gasteiger partial charge is 0.260 e. The van der Waals surface area contributed by atoms with Crippen molar-refractivity contribution in [3.63, 3.8) is 0 Å². The summed E-state index contributed by atoms with van der Waals surface area (Å²) in [6, 6.07) is 19.9. The van der Waals surface area contributed by atoms with Crippen LogP contribution in [0.4, 0.5) is 5.69 Å². The van der Waals surface area contributed by atoms with Gasteiger partial charge in [-0.15, -0.1) is 11.6 Å². The van der Waals surface area contributed by atoms with Crippen LogP contribution < -0.4 is 25.2 Å². The van der Waals surface area contributed by atoms with Crippen molar-refractivity contribution in [3.05, 3.63) is 89.5 Å². The molecule has 202 valence electrons. The van der Waals surface area contributed by atoms with E-state index in [0.717, 1.165) is 5.56 Å². The molecule has 5 N–H and O–H groups in total. The third-order valence-electron chi connectivity index (χ3n) is 5.60. The minimum atomic E-state index is -3.82. The number of carbonyl (C=O) groups is 1. The molecule has 3 aromatic rings. The zero-order valence-corrected chi connectivity index (χ0v) is 22.7. The molecule has 0 aliphatic carbocycles. The van der Waals surface area contributed by atoms with E-state index < -0.39 is 28.1 Å². The number of rotatable bonds is 13. The van der Waals surface area contributed by atoms with Gasteiger partial charge < -0.3 is 20.5 Å². The lowest BCUT2D eigenvalue weighted by Gasteiger charge is -2.23. The van der Waals surface area contributed by atoms with E-state index >= 15 is 0 Å². The normalized spacial score (nSPS) is 12.7. The fourth-order valence-corrected chi connectivity index (χ4v) is 5.02. The lowest BCUT2D eigenvalue weighted by molar-refractivity contribution is -0.120. The van der Waals surface area contributed by atoms with Crippen molar-refractivity contribution in [2.45, 2.75) is 25.5 Å². The summed E-state index contributed by atoms with van der Waals surface area (Å²) in [6.45, 7) is 1.71. The highest BCUT2D eigenvalue weighted by atomic mass is 35.5. The van der Waals surface area contributed by atoms with Gasteiger partial charge in [0.05, 0.1) is 18.7 Å². The zero-order valence-electron chi connectivity index (χ0n) is 21.1. The van der Waals surface area contributed by atoms with Gasteiger partial charge in [-0.05, 0) is 53.9 Å². The molecule has 2 atom stereocenters. The molecule has 3 rings (SSSR count). The monoisotopic (exact) mass is 558 g/mol. The Hall–Kier alpha value is -3.76. The molecular formula is C27H31ClN4O5S. The third kappa shape index (κ3) is 7.62. The standard InChI is InChI=1S/C27H31ClN4O5S/c1-3-15-38(34,35)32-27(33)25(31-21-12-9-19(10-13-21)26(29)30)20-11-14-22(23(16-20)36-2)37-24(17-28)18-7-5-4-6-8-18/h4-14,16,24-25,31H,3,15,17H2,1-2H3,(H3,29,30)(H,32,33). The first-order chi connectivity index (χ1) is 18.2. The molecule has 38 heavy (non-hydrogen) atoms. The summed E-state index contributed by atoms with van der Waals surface area (Å²) in [6.07, 6.45) is -0.0789. The number of nitrogens with two attached hydrogens (primary N) is 1. The molecule has 0 fully saturated rings. The SMILES string of the molecule is CCCS(=O)(=O)NC(=O)C(Nc1ccc(C(=N)N)cc1)c1ccc(OC(CCl)c2ccccc2)c(OC)c1. The Bertz CT molecular complexity index is 1350. The molecular weight excluding hydrogens is 528 g/mol. The molecule has 0 spiro atoms. The predicted octanol–water partition coefficient (Wildman–Crippen LogP) is 4.35. The number of halogens is 1.